The summed E-state index contributed by atoms with van der Waals surface area (Å²) in [6.45, 7) is 3.71. The Morgan fingerprint density at radius 1 is 1.35 bits per heavy atom. The number of carbonyl (C=O) groups excluding carboxylic acids is 1. The van der Waals surface area contributed by atoms with E-state index < -0.39 is 0 Å². The van der Waals surface area contributed by atoms with Gasteiger partial charge in [-0.15, -0.1) is 11.8 Å². The van der Waals surface area contributed by atoms with Gasteiger partial charge in [-0.25, -0.2) is 0 Å². The van der Waals surface area contributed by atoms with Crippen LogP contribution in [0.1, 0.15) is 17.3 Å². The van der Waals surface area contributed by atoms with Crippen molar-refractivity contribution in [2.45, 2.75) is 11.8 Å². The van der Waals surface area contributed by atoms with Crippen molar-refractivity contribution in [1.82, 2.24) is 10.6 Å². The summed E-state index contributed by atoms with van der Waals surface area (Å²) in [5, 5.41) is 6.06. The summed E-state index contributed by atoms with van der Waals surface area (Å²) in [4.78, 5) is 13.0. The predicted octanol–water partition coefficient (Wildman–Crippen LogP) is 1.99. The number of amides is 1. The highest BCUT2D eigenvalue weighted by Gasteiger charge is 2.10. The van der Waals surface area contributed by atoms with E-state index in [1.807, 2.05) is 37.6 Å². The lowest BCUT2D eigenvalue weighted by Crippen LogP contribution is -2.32. The first-order valence-corrected chi connectivity index (χ1v) is 6.97. The molecule has 4 heteroatoms. The van der Waals surface area contributed by atoms with Crippen molar-refractivity contribution in [2.24, 2.45) is 5.92 Å². The standard InChI is InChI=1S/C13H20N2OS/c1-10(8-14-2)9-15-13(16)11-6-4-5-7-12(11)17-3/h4-7,10,14H,8-9H2,1-3H3,(H,15,16). The molecule has 1 rings (SSSR count). The quantitative estimate of drug-likeness (QED) is 0.761. The molecule has 0 saturated heterocycles. The van der Waals surface area contributed by atoms with Crippen LogP contribution in [-0.2, 0) is 0 Å². The van der Waals surface area contributed by atoms with Crippen molar-refractivity contribution in [2.75, 3.05) is 26.4 Å². The molecule has 0 bridgehead atoms. The molecule has 0 saturated carbocycles. The molecule has 0 aliphatic carbocycles. The van der Waals surface area contributed by atoms with Crippen molar-refractivity contribution in [3.63, 3.8) is 0 Å². The van der Waals surface area contributed by atoms with Crippen molar-refractivity contribution >= 4 is 17.7 Å². The molecule has 0 fully saturated rings. The normalized spacial score (nSPS) is 12.2. The molecule has 0 spiro atoms. The van der Waals surface area contributed by atoms with Gasteiger partial charge in [-0.3, -0.25) is 4.79 Å². The van der Waals surface area contributed by atoms with Crippen LogP contribution in [-0.4, -0.2) is 32.3 Å². The minimum Gasteiger partial charge on any atom is -0.352 e. The largest absolute Gasteiger partial charge is 0.352 e. The summed E-state index contributed by atoms with van der Waals surface area (Å²) in [5.41, 5.74) is 0.761. The van der Waals surface area contributed by atoms with E-state index in [0.717, 1.165) is 17.0 Å². The van der Waals surface area contributed by atoms with E-state index in [-0.39, 0.29) is 5.91 Å². The Hall–Kier alpha value is -1.00. The monoisotopic (exact) mass is 252 g/mol. The third-order valence-electron chi connectivity index (χ3n) is 2.52. The number of benzene rings is 1. The second kappa shape index (κ2) is 7.35. The first kappa shape index (κ1) is 14.1. The van der Waals surface area contributed by atoms with Crippen LogP contribution >= 0.6 is 11.8 Å². The number of rotatable bonds is 6. The van der Waals surface area contributed by atoms with E-state index in [1.54, 1.807) is 11.8 Å². The van der Waals surface area contributed by atoms with Gasteiger partial charge in [0, 0.05) is 11.4 Å². The van der Waals surface area contributed by atoms with Gasteiger partial charge in [0.15, 0.2) is 0 Å². The van der Waals surface area contributed by atoms with E-state index in [0.29, 0.717) is 12.5 Å². The molecular formula is C13H20N2OS. The first-order valence-electron chi connectivity index (χ1n) is 5.74. The number of hydrogen-bond acceptors (Lipinski definition) is 3. The molecule has 0 heterocycles. The van der Waals surface area contributed by atoms with Gasteiger partial charge in [-0.05, 0) is 37.9 Å². The second-order valence-electron chi connectivity index (χ2n) is 4.07. The van der Waals surface area contributed by atoms with Crippen LogP contribution in [0.15, 0.2) is 29.2 Å². The fourth-order valence-electron chi connectivity index (χ4n) is 1.62. The van der Waals surface area contributed by atoms with E-state index in [9.17, 15) is 4.79 Å². The van der Waals surface area contributed by atoms with Crippen LogP contribution in [0, 0.1) is 5.92 Å². The Balaban J connectivity index is 2.58. The fourth-order valence-corrected chi connectivity index (χ4v) is 2.21. The molecule has 94 valence electrons. The number of hydrogen-bond donors (Lipinski definition) is 2. The lowest BCUT2D eigenvalue weighted by atomic mass is 10.1. The maximum absolute atomic E-state index is 12.0. The highest BCUT2D eigenvalue weighted by molar-refractivity contribution is 7.98. The van der Waals surface area contributed by atoms with Gasteiger partial charge in [0.25, 0.3) is 5.91 Å². The van der Waals surface area contributed by atoms with Gasteiger partial charge in [0.2, 0.25) is 0 Å². The molecule has 1 amide bonds. The molecule has 17 heavy (non-hydrogen) atoms. The van der Waals surface area contributed by atoms with Crippen molar-refractivity contribution in [3.05, 3.63) is 29.8 Å². The van der Waals surface area contributed by atoms with Crippen molar-refractivity contribution < 1.29 is 4.79 Å². The van der Waals surface area contributed by atoms with E-state index in [4.69, 9.17) is 0 Å². The van der Waals surface area contributed by atoms with Crippen molar-refractivity contribution in [1.29, 1.82) is 0 Å². The zero-order chi connectivity index (χ0) is 12.7. The molecule has 0 radical (unpaired) electrons. The van der Waals surface area contributed by atoms with Crippen molar-refractivity contribution in [3.8, 4) is 0 Å². The van der Waals surface area contributed by atoms with Gasteiger partial charge in [-0.2, -0.15) is 0 Å². The SMILES string of the molecule is CNCC(C)CNC(=O)c1ccccc1SC. The molecular weight excluding hydrogens is 232 g/mol. The highest BCUT2D eigenvalue weighted by atomic mass is 32.2. The van der Waals surface area contributed by atoms with Gasteiger partial charge >= 0.3 is 0 Å². The number of nitrogens with one attached hydrogen (secondary N) is 2. The van der Waals surface area contributed by atoms with Crippen LogP contribution in [0.5, 0.6) is 0 Å². The minimum absolute atomic E-state index is 0.0119. The number of carbonyl (C=O) groups is 1. The van der Waals surface area contributed by atoms with Gasteiger partial charge < -0.3 is 10.6 Å². The van der Waals surface area contributed by atoms with Crippen LogP contribution in [0.2, 0.25) is 0 Å². The first-order chi connectivity index (χ1) is 8.19. The summed E-state index contributed by atoms with van der Waals surface area (Å²) >= 11 is 1.60. The zero-order valence-electron chi connectivity index (χ0n) is 10.6. The summed E-state index contributed by atoms with van der Waals surface area (Å²) in [5.74, 6) is 0.447. The third-order valence-corrected chi connectivity index (χ3v) is 3.31. The molecule has 1 aromatic carbocycles. The Morgan fingerprint density at radius 3 is 2.71 bits per heavy atom. The molecule has 1 atom stereocenters. The Labute approximate surface area is 107 Å². The summed E-state index contributed by atoms with van der Waals surface area (Å²) in [6.07, 6.45) is 1.98. The Morgan fingerprint density at radius 2 is 2.06 bits per heavy atom. The lowest BCUT2D eigenvalue weighted by molar-refractivity contribution is 0.0945. The zero-order valence-corrected chi connectivity index (χ0v) is 11.4. The molecule has 3 nitrogen and oxygen atoms in total. The predicted molar refractivity (Wildman–Crippen MR) is 73.6 cm³/mol. The maximum Gasteiger partial charge on any atom is 0.252 e. The molecule has 0 aromatic heterocycles. The summed E-state index contributed by atoms with van der Waals surface area (Å²) in [7, 11) is 1.92. The van der Waals surface area contributed by atoms with Crippen LogP contribution in [0.25, 0.3) is 0 Å². The molecule has 1 unspecified atom stereocenters. The fraction of sp³-hybridized carbons (Fsp3) is 0.462. The second-order valence-corrected chi connectivity index (χ2v) is 4.92. The van der Waals surface area contributed by atoms with Gasteiger partial charge in [0.1, 0.15) is 0 Å². The van der Waals surface area contributed by atoms with Gasteiger partial charge in [0.05, 0.1) is 5.56 Å². The summed E-state index contributed by atoms with van der Waals surface area (Å²) < 4.78 is 0. The minimum atomic E-state index is 0.0119. The van der Waals surface area contributed by atoms with Crippen LogP contribution < -0.4 is 10.6 Å². The van der Waals surface area contributed by atoms with E-state index in [1.165, 1.54) is 0 Å². The highest BCUT2D eigenvalue weighted by Crippen LogP contribution is 2.19. The molecule has 0 aliphatic heterocycles. The lowest BCUT2D eigenvalue weighted by Gasteiger charge is -2.13. The average molecular weight is 252 g/mol. The van der Waals surface area contributed by atoms with Crippen LogP contribution in [0.3, 0.4) is 0 Å². The molecule has 2 N–H and O–H groups in total. The Kier molecular flexibility index (Phi) is 6.08. The average Bonchev–Trinajstić information content (AvgIpc) is 2.36. The topological polar surface area (TPSA) is 41.1 Å². The van der Waals surface area contributed by atoms with E-state index in [2.05, 4.69) is 17.6 Å². The molecule has 0 aliphatic rings. The third kappa shape index (κ3) is 4.40. The number of thioether (sulfide) groups is 1. The van der Waals surface area contributed by atoms with Crippen LogP contribution in [0.4, 0.5) is 0 Å². The molecule has 1 aromatic rings. The summed E-state index contributed by atoms with van der Waals surface area (Å²) in [6, 6.07) is 7.68. The van der Waals surface area contributed by atoms with Gasteiger partial charge in [-0.1, -0.05) is 19.1 Å². The van der Waals surface area contributed by atoms with E-state index >= 15 is 0 Å². The maximum atomic E-state index is 12.0. The smallest absolute Gasteiger partial charge is 0.252 e. The Bertz CT molecular complexity index is 368.